The molecule has 3 aromatic carbocycles. The van der Waals surface area contributed by atoms with Crippen LogP contribution in [-0.4, -0.2) is 23.8 Å². The van der Waals surface area contributed by atoms with Crippen molar-refractivity contribution in [3.63, 3.8) is 0 Å². The van der Waals surface area contributed by atoms with Gasteiger partial charge < -0.3 is 14.2 Å². The normalized spacial score (nSPS) is 14.8. The number of carbonyl (C=O) groups excluding carboxylic acids is 1. The molecule has 0 saturated heterocycles. The van der Waals surface area contributed by atoms with E-state index >= 15 is 0 Å². The van der Waals surface area contributed by atoms with E-state index < -0.39 is 12.0 Å². The van der Waals surface area contributed by atoms with Crippen LogP contribution in [0.4, 0.5) is 0 Å². The molecule has 1 aliphatic heterocycles. The first-order valence-electron chi connectivity index (χ1n) is 13.4. The monoisotopic (exact) mass is 710 g/mol. The largest absolute Gasteiger partial charge is 0.494 e. The van der Waals surface area contributed by atoms with E-state index in [4.69, 9.17) is 14.2 Å². The van der Waals surface area contributed by atoms with E-state index in [9.17, 15) is 9.59 Å². The molecule has 0 radical (unpaired) electrons. The van der Waals surface area contributed by atoms with Crippen molar-refractivity contribution in [3.8, 4) is 11.5 Å². The summed E-state index contributed by atoms with van der Waals surface area (Å²) in [5.74, 6) is 0.915. The van der Waals surface area contributed by atoms with Crippen LogP contribution in [-0.2, 0) is 16.1 Å². The number of carbonyl (C=O) groups is 1. The second-order valence-electron chi connectivity index (χ2n) is 9.41. The van der Waals surface area contributed by atoms with Gasteiger partial charge in [0.25, 0.3) is 5.56 Å². The molecule has 0 fully saturated rings. The molecule has 216 valence electrons. The molecule has 42 heavy (non-hydrogen) atoms. The van der Waals surface area contributed by atoms with Gasteiger partial charge >= 0.3 is 5.97 Å². The molecule has 0 unspecified atom stereocenters. The van der Waals surface area contributed by atoms with Gasteiger partial charge in [0, 0.05) is 4.47 Å². The van der Waals surface area contributed by atoms with Gasteiger partial charge in [-0.25, -0.2) is 9.79 Å². The number of hydrogen-bond acceptors (Lipinski definition) is 7. The second kappa shape index (κ2) is 13.2. The summed E-state index contributed by atoms with van der Waals surface area (Å²) in [4.78, 5) is 32.2. The summed E-state index contributed by atoms with van der Waals surface area (Å²) in [6, 6.07) is 20.4. The van der Waals surface area contributed by atoms with E-state index in [1.807, 2.05) is 79.7 Å². The summed E-state index contributed by atoms with van der Waals surface area (Å²) in [5.41, 5.74) is 3.26. The average Bonchev–Trinajstić information content (AvgIpc) is 3.27. The summed E-state index contributed by atoms with van der Waals surface area (Å²) >= 11 is 8.33. The summed E-state index contributed by atoms with van der Waals surface area (Å²) in [6.07, 6.45) is 1.83. The fourth-order valence-corrected chi connectivity index (χ4v) is 6.46. The average molecular weight is 712 g/mol. The molecule has 5 rings (SSSR count). The Hall–Kier alpha value is -3.47. The highest BCUT2D eigenvalue weighted by Crippen LogP contribution is 2.32. The third-order valence-electron chi connectivity index (χ3n) is 6.59. The Morgan fingerprint density at radius 3 is 2.40 bits per heavy atom. The van der Waals surface area contributed by atoms with Crippen LogP contribution in [0.1, 0.15) is 43.5 Å². The summed E-state index contributed by atoms with van der Waals surface area (Å²) in [6.45, 7) is 6.63. The number of nitrogens with zero attached hydrogens (tertiary/aromatic N) is 2. The summed E-state index contributed by atoms with van der Waals surface area (Å²) in [5, 5.41) is 0. The second-order valence-corrected chi connectivity index (χ2v) is 12.2. The lowest BCUT2D eigenvalue weighted by atomic mass is 9.96. The highest BCUT2D eigenvalue weighted by Gasteiger charge is 2.33. The van der Waals surface area contributed by atoms with Gasteiger partial charge in [0.15, 0.2) is 4.80 Å². The highest BCUT2D eigenvalue weighted by atomic mass is 79.9. The fraction of sp³-hybridized carbons (Fsp3) is 0.219. The number of esters is 1. The lowest BCUT2D eigenvalue weighted by Gasteiger charge is -2.24. The highest BCUT2D eigenvalue weighted by molar-refractivity contribution is 9.10. The van der Waals surface area contributed by atoms with Gasteiger partial charge in [-0.1, -0.05) is 57.6 Å². The van der Waals surface area contributed by atoms with Gasteiger partial charge in [-0.3, -0.25) is 9.36 Å². The number of fused-ring (bicyclic) bond motifs is 1. The number of thiazole rings is 1. The van der Waals surface area contributed by atoms with Crippen molar-refractivity contribution in [1.29, 1.82) is 0 Å². The Bertz CT molecular complexity index is 1830. The van der Waals surface area contributed by atoms with Crippen LogP contribution in [0, 0.1) is 0 Å². The Labute approximate surface area is 264 Å². The molecule has 0 bridgehead atoms. The molecule has 1 aliphatic rings. The zero-order valence-corrected chi connectivity index (χ0v) is 27.2. The lowest BCUT2D eigenvalue weighted by molar-refractivity contribution is -0.139. The number of ether oxygens (including phenoxy) is 3. The van der Waals surface area contributed by atoms with Crippen LogP contribution in [0.15, 0.2) is 96.7 Å². The number of hydrogen-bond donors (Lipinski definition) is 0. The Balaban J connectivity index is 1.51. The summed E-state index contributed by atoms with van der Waals surface area (Å²) < 4.78 is 20.8. The molecular weight excluding hydrogens is 684 g/mol. The molecule has 0 aliphatic carbocycles. The van der Waals surface area contributed by atoms with Crippen molar-refractivity contribution in [2.75, 3.05) is 13.2 Å². The predicted octanol–water partition coefficient (Wildman–Crippen LogP) is 6.30. The predicted molar refractivity (Wildman–Crippen MR) is 171 cm³/mol. The smallest absolute Gasteiger partial charge is 0.338 e. The van der Waals surface area contributed by atoms with Crippen LogP contribution in [0.25, 0.3) is 6.08 Å². The Morgan fingerprint density at radius 1 is 1.00 bits per heavy atom. The lowest BCUT2D eigenvalue weighted by Crippen LogP contribution is -2.39. The zero-order chi connectivity index (χ0) is 29.8. The van der Waals surface area contributed by atoms with E-state index in [1.165, 1.54) is 11.3 Å². The van der Waals surface area contributed by atoms with Gasteiger partial charge in [-0.05, 0) is 95.9 Å². The van der Waals surface area contributed by atoms with Crippen molar-refractivity contribution in [1.82, 2.24) is 4.57 Å². The number of benzene rings is 3. The van der Waals surface area contributed by atoms with Crippen molar-refractivity contribution < 1.29 is 19.0 Å². The molecule has 4 aromatic rings. The van der Waals surface area contributed by atoms with Gasteiger partial charge in [0.2, 0.25) is 0 Å². The van der Waals surface area contributed by atoms with E-state index in [0.29, 0.717) is 45.3 Å². The Kier molecular flexibility index (Phi) is 9.45. The number of halogens is 2. The van der Waals surface area contributed by atoms with Crippen LogP contribution in [0.3, 0.4) is 0 Å². The Morgan fingerprint density at radius 2 is 1.74 bits per heavy atom. The molecule has 0 N–H and O–H groups in total. The van der Waals surface area contributed by atoms with E-state index in [-0.39, 0.29) is 12.2 Å². The molecule has 0 amide bonds. The minimum atomic E-state index is -0.681. The molecule has 1 atom stereocenters. The van der Waals surface area contributed by atoms with E-state index in [1.54, 1.807) is 18.4 Å². The van der Waals surface area contributed by atoms with E-state index in [2.05, 4.69) is 36.9 Å². The minimum absolute atomic E-state index is 0.216. The van der Waals surface area contributed by atoms with Gasteiger partial charge in [-0.2, -0.15) is 0 Å². The molecule has 10 heteroatoms. The van der Waals surface area contributed by atoms with Crippen molar-refractivity contribution in [2.45, 2.75) is 33.4 Å². The van der Waals surface area contributed by atoms with Gasteiger partial charge in [-0.15, -0.1) is 0 Å². The first-order chi connectivity index (χ1) is 20.3. The standard InChI is InChI=1S/C32H28Br2N2O5S/c1-4-39-24-13-9-22(10-14-24)29-28(31(38)40-5-2)19(3)35-32-36(29)30(37)27(42-32)17-21-8-15-26(25(34)16-21)41-18-20-6-11-23(33)12-7-20/h6-17,29H,4-5,18H2,1-3H3/b27-17-/t29-/m0/s1. The number of allylic oxidation sites excluding steroid dienone is 1. The molecular formula is C32H28Br2N2O5S. The van der Waals surface area contributed by atoms with Crippen LogP contribution in [0.2, 0.25) is 0 Å². The van der Waals surface area contributed by atoms with Crippen molar-refractivity contribution in [3.05, 3.63) is 123 Å². The SMILES string of the molecule is CCOC(=O)C1=C(C)N=c2s/c(=C\c3ccc(OCc4ccc(Br)cc4)c(Br)c3)c(=O)n2[C@H]1c1ccc(OCC)cc1. The maximum atomic E-state index is 13.9. The number of aromatic nitrogens is 1. The third kappa shape index (κ3) is 6.45. The minimum Gasteiger partial charge on any atom is -0.494 e. The zero-order valence-electron chi connectivity index (χ0n) is 23.2. The van der Waals surface area contributed by atoms with Crippen LogP contribution in [0.5, 0.6) is 11.5 Å². The molecule has 0 spiro atoms. The third-order valence-corrected chi connectivity index (χ3v) is 8.72. The van der Waals surface area contributed by atoms with Crippen LogP contribution >= 0.6 is 43.2 Å². The topological polar surface area (TPSA) is 79.1 Å². The quantitative estimate of drug-likeness (QED) is 0.191. The number of rotatable bonds is 9. The first kappa shape index (κ1) is 30.0. The van der Waals surface area contributed by atoms with E-state index in [0.717, 1.165) is 25.6 Å². The van der Waals surface area contributed by atoms with Crippen molar-refractivity contribution in [2.24, 2.45) is 4.99 Å². The molecule has 7 nitrogen and oxygen atoms in total. The van der Waals surface area contributed by atoms with Gasteiger partial charge in [0.1, 0.15) is 18.1 Å². The first-order valence-corrected chi connectivity index (χ1v) is 15.8. The van der Waals surface area contributed by atoms with Gasteiger partial charge in [0.05, 0.1) is 39.5 Å². The molecule has 2 heterocycles. The summed E-state index contributed by atoms with van der Waals surface area (Å²) in [7, 11) is 0. The van der Waals surface area contributed by atoms with Crippen LogP contribution < -0.4 is 24.4 Å². The van der Waals surface area contributed by atoms with Crippen molar-refractivity contribution >= 4 is 55.2 Å². The fourth-order valence-electron chi connectivity index (χ4n) is 4.64. The molecule has 0 saturated carbocycles. The maximum absolute atomic E-state index is 13.9. The maximum Gasteiger partial charge on any atom is 0.338 e. The molecule has 1 aromatic heterocycles.